The minimum Gasteiger partial charge on any atom is -0.494 e. The Balaban J connectivity index is 1.94. The number of aromatic nitrogens is 1. The third-order valence-electron chi connectivity index (χ3n) is 4.99. The average molecular weight is 451 g/mol. The molecule has 1 amide bonds. The first-order valence-corrected chi connectivity index (χ1v) is 11.6. The number of methoxy groups -OCH3 is 1. The number of benzene rings is 3. The molecule has 4 rings (SSSR count). The number of aryl methyl sites for hydroxylation is 1. The van der Waals surface area contributed by atoms with Gasteiger partial charge in [-0.3, -0.25) is 9.52 Å². The third-order valence-corrected chi connectivity index (χ3v) is 5.60. The van der Waals surface area contributed by atoms with Gasteiger partial charge >= 0.3 is 0 Å². The largest absolute Gasteiger partial charge is 0.494 e. The van der Waals surface area contributed by atoms with Crippen molar-refractivity contribution < 1.29 is 17.9 Å². The number of rotatable bonds is 6. The zero-order valence-electron chi connectivity index (χ0n) is 17.8. The van der Waals surface area contributed by atoms with E-state index in [0.717, 1.165) is 28.3 Å². The van der Waals surface area contributed by atoms with Gasteiger partial charge in [0, 0.05) is 16.8 Å². The van der Waals surface area contributed by atoms with Crippen LogP contribution < -0.4 is 20.5 Å². The molecule has 1 aromatic heterocycles. The molecule has 0 radical (unpaired) electrons. The Morgan fingerprint density at radius 2 is 1.84 bits per heavy atom. The van der Waals surface area contributed by atoms with Crippen LogP contribution in [0.2, 0.25) is 0 Å². The molecule has 4 aromatic rings. The zero-order valence-corrected chi connectivity index (χ0v) is 18.6. The first-order valence-electron chi connectivity index (χ1n) is 9.72. The van der Waals surface area contributed by atoms with E-state index in [-0.39, 0.29) is 0 Å². The smallest absolute Gasteiger partial charge is 0.250 e. The number of ether oxygens (including phenoxy) is 1. The Hall–Kier alpha value is -3.85. The van der Waals surface area contributed by atoms with Gasteiger partial charge in [-0.15, -0.1) is 0 Å². The number of anilines is 3. The van der Waals surface area contributed by atoms with Crippen molar-refractivity contribution in [2.45, 2.75) is 6.92 Å². The number of nitrogens with two attached hydrogens (primary N) is 1. The van der Waals surface area contributed by atoms with Crippen molar-refractivity contribution in [1.82, 2.24) is 4.98 Å². The molecule has 0 fully saturated rings. The number of hydrogen-bond donors (Lipinski definition) is 3. The monoisotopic (exact) mass is 450 g/mol. The van der Waals surface area contributed by atoms with E-state index >= 15 is 0 Å². The summed E-state index contributed by atoms with van der Waals surface area (Å²) in [4.78, 5) is 16.7. The van der Waals surface area contributed by atoms with Gasteiger partial charge in [0.2, 0.25) is 10.0 Å². The Bertz CT molecular complexity index is 1480. The van der Waals surface area contributed by atoms with E-state index < -0.39 is 15.9 Å². The minimum absolute atomic E-state index is 0.327. The fourth-order valence-corrected chi connectivity index (χ4v) is 4.17. The van der Waals surface area contributed by atoms with Gasteiger partial charge in [-0.25, -0.2) is 13.4 Å². The van der Waals surface area contributed by atoms with E-state index in [1.807, 2.05) is 31.2 Å². The summed E-state index contributed by atoms with van der Waals surface area (Å²) in [7, 11) is -1.92. The second-order valence-electron chi connectivity index (χ2n) is 7.49. The molecule has 0 aliphatic carbocycles. The van der Waals surface area contributed by atoms with Gasteiger partial charge in [0.25, 0.3) is 5.91 Å². The molecule has 0 aliphatic heterocycles. The molecule has 0 saturated heterocycles. The molecule has 0 unspecified atom stereocenters. The molecule has 164 valence electrons. The van der Waals surface area contributed by atoms with Crippen molar-refractivity contribution in [2.75, 3.05) is 23.4 Å². The predicted octanol–water partition coefficient (Wildman–Crippen LogP) is 3.92. The SMILES string of the molecule is COc1cc(NS(C)(=O)=O)ccc1Nc1c2ccc(C)cc2nc2c(C(N)=O)cccc12. The molecule has 0 saturated carbocycles. The summed E-state index contributed by atoms with van der Waals surface area (Å²) in [5.41, 5.74) is 9.88. The van der Waals surface area contributed by atoms with Crippen molar-refractivity contribution in [2.24, 2.45) is 5.73 Å². The highest BCUT2D eigenvalue weighted by atomic mass is 32.2. The fourth-order valence-electron chi connectivity index (χ4n) is 3.62. The second kappa shape index (κ2) is 8.01. The first-order chi connectivity index (χ1) is 15.2. The predicted molar refractivity (Wildman–Crippen MR) is 127 cm³/mol. The highest BCUT2D eigenvalue weighted by molar-refractivity contribution is 7.92. The third kappa shape index (κ3) is 4.15. The lowest BCUT2D eigenvalue weighted by atomic mass is 10.0. The molecule has 0 aliphatic rings. The molecule has 32 heavy (non-hydrogen) atoms. The molecule has 9 heteroatoms. The van der Waals surface area contributed by atoms with Crippen molar-refractivity contribution in [3.63, 3.8) is 0 Å². The molecule has 4 N–H and O–H groups in total. The summed E-state index contributed by atoms with van der Waals surface area (Å²) in [6, 6.07) is 16.1. The Morgan fingerprint density at radius 1 is 1.06 bits per heavy atom. The number of amides is 1. The van der Waals surface area contributed by atoms with Crippen LogP contribution in [0, 0.1) is 6.92 Å². The number of nitrogens with zero attached hydrogens (tertiary/aromatic N) is 1. The lowest BCUT2D eigenvalue weighted by molar-refractivity contribution is 0.100. The average Bonchev–Trinajstić information content (AvgIpc) is 2.72. The van der Waals surface area contributed by atoms with E-state index in [1.54, 1.807) is 30.3 Å². The summed E-state index contributed by atoms with van der Waals surface area (Å²) < 4.78 is 31.1. The van der Waals surface area contributed by atoms with Gasteiger partial charge in [0.05, 0.1) is 47.0 Å². The maximum absolute atomic E-state index is 12.0. The maximum Gasteiger partial charge on any atom is 0.250 e. The van der Waals surface area contributed by atoms with E-state index in [2.05, 4.69) is 10.0 Å². The molecule has 0 spiro atoms. The number of fused-ring (bicyclic) bond motifs is 2. The van der Waals surface area contributed by atoms with Gasteiger partial charge in [0.1, 0.15) is 5.75 Å². The van der Waals surface area contributed by atoms with Crippen molar-refractivity contribution in [3.05, 3.63) is 65.7 Å². The van der Waals surface area contributed by atoms with Crippen LogP contribution in [0.3, 0.4) is 0 Å². The van der Waals surface area contributed by atoms with E-state index in [4.69, 9.17) is 15.5 Å². The maximum atomic E-state index is 12.0. The number of carbonyl (C=O) groups excluding carboxylic acids is 1. The Labute approximate surface area is 185 Å². The quantitative estimate of drug-likeness (QED) is 0.383. The topological polar surface area (TPSA) is 123 Å². The summed E-state index contributed by atoms with van der Waals surface area (Å²) in [6.07, 6.45) is 1.08. The van der Waals surface area contributed by atoms with Gasteiger partial charge < -0.3 is 15.8 Å². The van der Waals surface area contributed by atoms with Gasteiger partial charge in [-0.2, -0.15) is 0 Å². The summed E-state index contributed by atoms with van der Waals surface area (Å²) >= 11 is 0. The number of hydrogen-bond acceptors (Lipinski definition) is 6. The van der Waals surface area contributed by atoms with Gasteiger partial charge in [-0.1, -0.05) is 24.3 Å². The summed E-state index contributed by atoms with van der Waals surface area (Å²) in [5, 5.41) is 4.96. The van der Waals surface area contributed by atoms with E-state index in [1.165, 1.54) is 7.11 Å². The second-order valence-corrected chi connectivity index (χ2v) is 9.24. The number of pyridine rings is 1. The molecule has 1 heterocycles. The van der Waals surface area contributed by atoms with E-state index in [0.29, 0.717) is 33.7 Å². The van der Waals surface area contributed by atoms with Crippen LogP contribution in [0.25, 0.3) is 21.8 Å². The van der Waals surface area contributed by atoms with Gasteiger partial charge in [0.15, 0.2) is 0 Å². The normalized spacial score (nSPS) is 11.5. The number of nitrogens with one attached hydrogen (secondary N) is 2. The summed E-state index contributed by atoms with van der Waals surface area (Å²) in [5.74, 6) is -0.121. The van der Waals surface area contributed by atoms with Crippen LogP contribution in [0.1, 0.15) is 15.9 Å². The van der Waals surface area contributed by atoms with Crippen LogP contribution in [0.15, 0.2) is 54.6 Å². The molecule has 3 aromatic carbocycles. The zero-order chi connectivity index (χ0) is 23.0. The number of carbonyl (C=O) groups is 1. The first kappa shape index (κ1) is 21.4. The number of primary amides is 1. The lowest BCUT2D eigenvalue weighted by Gasteiger charge is -2.17. The van der Waals surface area contributed by atoms with Crippen molar-refractivity contribution in [1.29, 1.82) is 0 Å². The van der Waals surface area contributed by atoms with Crippen molar-refractivity contribution >= 4 is 54.8 Å². The molecular weight excluding hydrogens is 428 g/mol. The van der Waals surface area contributed by atoms with Crippen molar-refractivity contribution in [3.8, 4) is 5.75 Å². The molecular formula is C23H22N4O4S. The van der Waals surface area contributed by atoms with Gasteiger partial charge in [-0.05, 0) is 36.8 Å². The lowest BCUT2D eigenvalue weighted by Crippen LogP contribution is -2.12. The summed E-state index contributed by atoms with van der Waals surface area (Å²) in [6.45, 7) is 1.97. The van der Waals surface area contributed by atoms with E-state index in [9.17, 15) is 13.2 Å². The number of para-hydroxylation sites is 1. The molecule has 0 atom stereocenters. The van der Waals surface area contributed by atoms with Crippen LogP contribution in [0.5, 0.6) is 5.75 Å². The molecule has 0 bridgehead atoms. The van der Waals surface area contributed by atoms with Crippen LogP contribution >= 0.6 is 0 Å². The Kier molecular flexibility index (Phi) is 5.35. The Morgan fingerprint density at radius 3 is 2.53 bits per heavy atom. The van der Waals surface area contributed by atoms with Crippen LogP contribution in [-0.2, 0) is 10.0 Å². The highest BCUT2D eigenvalue weighted by Gasteiger charge is 2.16. The fraction of sp³-hybridized carbons (Fsp3) is 0.130. The highest BCUT2D eigenvalue weighted by Crippen LogP contribution is 2.38. The minimum atomic E-state index is -3.43. The molecule has 8 nitrogen and oxygen atoms in total. The standard InChI is InChI=1S/C23H22N4O4S/c1-13-7-9-15-19(11-13)26-22-16(5-4-6-17(22)23(24)28)21(15)25-18-10-8-14(12-20(18)31-2)27-32(3,29)30/h4-12,27H,1-3H3,(H2,24,28)(H,25,26). The van der Waals surface area contributed by atoms with Crippen LogP contribution in [-0.4, -0.2) is 32.7 Å². The van der Waals surface area contributed by atoms with Crippen LogP contribution in [0.4, 0.5) is 17.1 Å². The number of sulfonamides is 1.